The van der Waals surface area contributed by atoms with Gasteiger partial charge in [-0.1, -0.05) is 12.8 Å². The molecule has 1 fully saturated rings. The number of amides is 1. The monoisotopic (exact) mass is 395 g/mol. The Labute approximate surface area is 166 Å². The van der Waals surface area contributed by atoms with Gasteiger partial charge >= 0.3 is 0 Å². The lowest BCUT2D eigenvalue weighted by Crippen LogP contribution is -2.43. The molecule has 1 aliphatic rings. The average Bonchev–Trinajstić information content (AvgIpc) is 3.25. The summed E-state index contributed by atoms with van der Waals surface area (Å²) in [4.78, 5) is 21.8. The van der Waals surface area contributed by atoms with Crippen LogP contribution in [-0.4, -0.2) is 53.2 Å². The number of aromatic nitrogens is 7. The topological polar surface area (TPSA) is 175 Å². The maximum Gasteiger partial charge on any atom is 0.273 e. The number of nitrogens with zero attached hydrogens (tertiary/aromatic N) is 7. The predicted molar refractivity (Wildman–Crippen MR) is 105 cm³/mol. The molecule has 2 atom stereocenters. The summed E-state index contributed by atoms with van der Waals surface area (Å²) < 4.78 is 0. The number of rotatable bonds is 6. The zero-order valence-electron chi connectivity index (χ0n) is 15.6. The fourth-order valence-corrected chi connectivity index (χ4v) is 3.22. The Morgan fingerprint density at radius 1 is 1.14 bits per heavy atom. The van der Waals surface area contributed by atoms with Crippen LogP contribution >= 0.6 is 0 Å². The van der Waals surface area contributed by atoms with Gasteiger partial charge < -0.3 is 22.1 Å². The minimum atomic E-state index is -0.739. The third kappa shape index (κ3) is 4.27. The first-order chi connectivity index (χ1) is 14.1. The van der Waals surface area contributed by atoms with E-state index in [0.29, 0.717) is 11.5 Å². The Bertz CT molecular complexity index is 991. The van der Waals surface area contributed by atoms with Crippen LogP contribution in [0.3, 0.4) is 0 Å². The van der Waals surface area contributed by atoms with Crippen LogP contribution in [0, 0.1) is 0 Å². The predicted octanol–water partition coefficient (Wildman–Crippen LogP) is 0.372. The number of nitrogens with one attached hydrogen (secondary N) is 2. The zero-order chi connectivity index (χ0) is 20.2. The molecule has 29 heavy (non-hydrogen) atoms. The second-order valence-corrected chi connectivity index (χ2v) is 6.74. The standard InChI is InChI=1S/C17H21N11O/c18-11-3-1-2-4-12(11)24-17-25-16(14(15(19)29)26-27-17)23-10-5-6-20-13(9-10)28-21-7-8-22-28/h5-9,11-12H,1-4,18H2,(H2,19,29)(H2,20,23,24,25,27)/t11-,12+/m0/s1. The highest BCUT2D eigenvalue weighted by molar-refractivity contribution is 5.96. The van der Waals surface area contributed by atoms with Gasteiger partial charge in [0.25, 0.3) is 5.91 Å². The number of hydrogen-bond acceptors (Lipinski definition) is 10. The highest BCUT2D eigenvalue weighted by Crippen LogP contribution is 2.22. The van der Waals surface area contributed by atoms with Crippen molar-refractivity contribution in [3.8, 4) is 5.82 Å². The first kappa shape index (κ1) is 18.7. The van der Waals surface area contributed by atoms with Crippen molar-refractivity contribution in [3.05, 3.63) is 36.4 Å². The van der Waals surface area contributed by atoms with Crippen molar-refractivity contribution in [2.24, 2.45) is 11.5 Å². The normalized spacial score (nSPS) is 18.9. The van der Waals surface area contributed by atoms with Crippen LogP contribution in [0.15, 0.2) is 30.7 Å². The van der Waals surface area contributed by atoms with Crippen molar-refractivity contribution in [1.82, 2.24) is 35.2 Å². The highest BCUT2D eigenvalue weighted by Gasteiger charge is 2.23. The summed E-state index contributed by atoms with van der Waals surface area (Å²) in [6, 6.07) is 3.49. The number of carbonyl (C=O) groups excluding carboxylic acids is 1. The van der Waals surface area contributed by atoms with E-state index in [-0.39, 0.29) is 29.5 Å². The Balaban J connectivity index is 1.60. The van der Waals surface area contributed by atoms with Gasteiger partial charge in [0.15, 0.2) is 17.3 Å². The number of hydrogen-bond donors (Lipinski definition) is 4. The number of pyridine rings is 1. The van der Waals surface area contributed by atoms with Gasteiger partial charge in [0.2, 0.25) is 5.95 Å². The van der Waals surface area contributed by atoms with Crippen LogP contribution in [0.1, 0.15) is 36.2 Å². The van der Waals surface area contributed by atoms with Crippen molar-refractivity contribution in [1.29, 1.82) is 0 Å². The van der Waals surface area contributed by atoms with Gasteiger partial charge in [-0.3, -0.25) is 4.79 Å². The van der Waals surface area contributed by atoms with E-state index >= 15 is 0 Å². The van der Waals surface area contributed by atoms with E-state index in [1.165, 1.54) is 4.80 Å². The second kappa shape index (κ2) is 8.14. The van der Waals surface area contributed by atoms with Crippen LogP contribution < -0.4 is 22.1 Å². The third-order valence-corrected chi connectivity index (χ3v) is 4.69. The van der Waals surface area contributed by atoms with Crippen molar-refractivity contribution < 1.29 is 4.79 Å². The molecule has 0 saturated heterocycles. The van der Waals surface area contributed by atoms with E-state index < -0.39 is 5.91 Å². The number of primary amides is 1. The largest absolute Gasteiger partial charge is 0.364 e. The van der Waals surface area contributed by atoms with E-state index in [2.05, 4.69) is 41.0 Å². The number of anilines is 3. The highest BCUT2D eigenvalue weighted by atomic mass is 16.1. The van der Waals surface area contributed by atoms with Gasteiger partial charge in [0.05, 0.1) is 12.4 Å². The van der Waals surface area contributed by atoms with Gasteiger partial charge in [0, 0.05) is 30.0 Å². The lowest BCUT2D eigenvalue weighted by molar-refractivity contribution is 0.0995. The van der Waals surface area contributed by atoms with Gasteiger partial charge in [0.1, 0.15) is 0 Å². The molecule has 0 aliphatic heterocycles. The summed E-state index contributed by atoms with van der Waals surface area (Å²) in [6.07, 6.45) is 8.75. The molecule has 0 aromatic carbocycles. The first-order valence-corrected chi connectivity index (χ1v) is 9.26. The maximum absolute atomic E-state index is 11.8. The van der Waals surface area contributed by atoms with Crippen molar-refractivity contribution >= 4 is 23.4 Å². The fraction of sp³-hybridized carbons (Fsp3) is 0.353. The molecule has 0 bridgehead atoms. The van der Waals surface area contributed by atoms with Crippen molar-refractivity contribution in [2.45, 2.75) is 37.8 Å². The molecule has 1 amide bonds. The van der Waals surface area contributed by atoms with Crippen LogP contribution in [0.25, 0.3) is 5.82 Å². The molecule has 3 aromatic heterocycles. The van der Waals surface area contributed by atoms with E-state index in [1.54, 1.807) is 30.7 Å². The molecule has 12 heteroatoms. The Morgan fingerprint density at radius 2 is 1.93 bits per heavy atom. The van der Waals surface area contributed by atoms with Gasteiger partial charge in [-0.25, -0.2) is 4.98 Å². The van der Waals surface area contributed by atoms with Gasteiger partial charge in [-0.2, -0.15) is 15.2 Å². The van der Waals surface area contributed by atoms with E-state index in [4.69, 9.17) is 11.5 Å². The third-order valence-electron chi connectivity index (χ3n) is 4.69. The number of carbonyl (C=O) groups is 1. The molecule has 0 radical (unpaired) electrons. The lowest BCUT2D eigenvalue weighted by atomic mass is 9.91. The van der Waals surface area contributed by atoms with Crippen LogP contribution in [0.2, 0.25) is 0 Å². The van der Waals surface area contributed by atoms with Crippen LogP contribution in [0.5, 0.6) is 0 Å². The molecule has 150 valence electrons. The molecule has 6 N–H and O–H groups in total. The van der Waals surface area contributed by atoms with Crippen LogP contribution in [0.4, 0.5) is 17.5 Å². The van der Waals surface area contributed by atoms with Crippen molar-refractivity contribution in [2.75, 3.05) is 10.6 Å². The van der Waals surface area contributed by atoms with Gasteiger partial charge in [-0.05, 0) is 18.9 Å². The second-order valence-electron chi connectivity index (χ2n) is 6.74. The number of nitrogens with two attached hydrogens (primary N) is 2. The lowest BCUT2D eigenvalue weighted by Gasteiger charge is -2.29. The summed E-state index contributed by atoms with van der Waals surface area (Å²) in [5.41, 5.74) is 12.2. The van der Waals surface area contributed by atoms with Gasteiger partial charge in [-0.15, -0.1) is 15.0 Å². The Kier molecular flexibility index (Phi) is 5.24. The average molecular weight is 395 g/mol. The Morgan fingerprint density at radius 3 is 2.69 bits per heavy atom. The molecule has 0 spiro atoms. The maximum atomic E-state index is 11.8. The molecule has 12 nitrogen and oxygen atoms in total. The molecule has 1 aliphatic carbocycles. The SMILES string of the molecule is NC(=O)c1nnc(N[C@@H]2CCCC[C@@H]2N)nc1Nc1ccnc(-n2nccn2)c1. The smallest absolute Gasteiger partial charge is 0.273 e. The molecule has 3 heterocycles. The summed E-state index contributed by atoms with van der Waals surface area (Å²) >= 11 is 0. The Hall–Kier alpha value is -3.67. The molecular weight excluding hydrogens is 374 g/mol. The van der Waals surface area contributed by atoms with Crippen molar-refractivity contribution in [3.63, 3.8) is 0 Å². The van der Waals surface area contributed by atoms with Crippen LogP contribution in [-0.2, 0) is 0 Å². The quantitative estimate of drug-likeness (QED) is 0.456. The molecule has 1 saturated carbocycles. The minimum Gasteiger partial charge on any atom is -0.364 e. The van der Waals surface area contributed by atoms with E-state index in [0.717, 1.165) is 25.7 Å². The first-order valence-electron chi connectivity index (χ1n) is 9.26. The van der Waals surface area contributed by atoms with E-state index in [9.17, 15) is 4.79 Å². The summed E-state index contributed by atoms with van der Waals surface area (Å²) in [5, 5.41) is 22.3. The summed E-state index contributed by atoms with van der Waals surface area (Å²) in [6.45, 7) is 0. The molecule has 4 rings (SSSR count). The van der Waals surface area contributed by atoms with E-state index in [1.807, 2.05) is 0 Å². The molecule has 3 aromatic rings. The molecular formula is C17H21N11O. The fourth-order valence-electron chi connectivity index (χ4n) is 3.22. The zero-order valence-corrected chi connectivity index (χ0v) is 15.6. The minimum absolute atomic E-state index is 0.0175. The summed E-state index contributed by atoms with van der Waals surface area (Å²) in [7, 11) is 0. The molecule has 0 unspecified atom stereocenters. The summed E-state index contributed by atoms with van der Waals surface area (Å²) in [5.74, 6) is 0.221.